The van der Waals surface area contributed by atoms with Gasteiger partial charge in [0.15, 0.2) is 0 Å². The van der Waals surface area contributed by atoms with Crippen LogP contribution in [0.2, 0.25) is 0 Å². The zero-order valence-corrected chi connectivity index (χ0v) is 14.7. The van der Waals surface area contributed by atoms with Crippen molar-refractivity contribution < 1.29 is 4.79 Å². The Morgan fingerprint density at radius 1 is 1.08 bits per heavy atom. The van der Waals surface area contributed by atoms with Gasteiger partial charge in [-0.2, -0.15) is 0 Å². The van der Waals surface area contributed by atoms with Crippen LogP contribution in [0.15, 0.2) is 42.7 Å². The number of urea groups is 1. The van der Waals surface area contributed by atoms with Crippen molar-refractivity contribution in [1.29, 1.82) is 0 Å². The van der Waals surface area contributed by atoms with E-state index in [-0.39, 0.29) is 6.03 Å². The predicted octanol–water partition coefficient (Wildman–Crippen LogP) is 1.57. The van der Waals surface area contributed by atoms with Gasteiger partial charge in [0.2, 0.25) is 5.95 Å². The number of anilines is 2. The summed E-state index contributed by atoms with van der Waals surface area (Å²) in [4.78, 5) is 26.9. The first-order chi connectivity index (χ1) is 12.1. The molecule has 1 fully saturated rings. The molecule has 0 atom stereocenters. The smallest absolute Gasteiger partial charge is 0.317 e. The van der Waals surface area contributed by atoms with E-state index in [1.807, 2.05) is 31.1 Å². The van der Waals surface area contributed by atoms with Crippen LogP contribution in [0.3, 0.4) is 0 Å². The van der Waals surface area contributed by atoms with Crippen LogP contribution in [0, 0.1) is 0 Å². The molecule has 1 aliphatic heterocycles. The van der Waals surface area contributed by atoms with Crippen LogP contribution in [0.5, 0.6) is 0 Å². The molecule has 0 saturated carbocycles. The van der Waals surface area contributed by atoms with E-state index in [1.165, 1.54) is 0 Å². The van der Waals surface area contributed by atoms with E-state index in [2.05, 4.69) is 37.2 Å². The number of rotatable bonds is 4. The summed E-state index contributed by atoms with van der Waals surface area (Å²) in [6, 6.07) is 9.98. The van der Waals surface area contributed by atoms with Crippen LogP contribution in [-0.2, 0) is 6.54 Å². The molecule has 0 aliphatic carbocycles. The summed E-state index contributed by atoms with van der Waals surface area (Å²) in [5, 5.41) is 3.00. The third-order valence-corrected chi connectivity index (χ3v) is 4.30. The molecular weight excluding hydrogens is 316 g/mol. The summed E-state index contributed by atoms with van der Waals surface area (Å²) in [7, 11) is 4.02. The molecule has 132 valence electrons. The van der Waals surface area contributed by atoms with Crippen molar-refractivity contribution >= 4 is 17.7 Å². The van der Waals surface area contributed by atoms with Gasteiger partial charge >= 0.3 is 6.03 Å². The van der Waals surface area contributed by atoms with E-state index >= 15 is 0 Å². The molecule has 2 aromatic rings. The van der Waals surface area contributed by atoms with E-state index in [0.29, 0.717) is 19.6 Å². The van der Waals surface area contributed by atoms with Gasteiger partial charge in [0.05, 0.1) is 0 Å². The minimum atomic E-state index is -0.0229. The minimum absolute atomic E-state index is 0.0229. The van der Waals surface area contributed by atoms with E-state index in [4.69, 9.17) is 0 Å². The van der Waals surface area contributed by atoms with Crippen molar-refractivity contribution in [3.05, 3.63) is 48.3 Å². The van der Waals surface area contributed by atoms with Gasteiger partial charge in [-0.1, -0.05) is 12.1 Å². The molecule has 7 heteroatoms. The summed E-state index contributed by atoms with van der Waals surface area (Å²) in [5.41, 5.74) is 2.24. The second-order valence-corrected chi connectivity index (χ2v) is 6.24. The number of carbonyl (C=O) groups is 1. The molecule has 2 amide bonds. The molecule has 25 heavy (non-hydrogen) atoms. The normalized spacial score (nSPS) is 14.3. The van der Waals surface area contributed by atoms with Crippen molar-refractivity contribution in [2.24, 2.45) is 0 Å². The maximum atomic E-state index is 12.3. The average Bonchev–Trinajstić information content (AvgIpc) is 2.67. The summed E-state index contributed by atoms with van der Waals surface area (Å²) >= 11 is 0. The molecule has 1 aromatic carbocycles. The molecule has 1 N–H and O–H groups in total. The number of piperazine rings is 1. The van der Waals surface area contributed by atoms with Crippen molar-refractivity contribution in [2.75, 3.05) is 50.1 Å². The molecule has 0 unspecified atom stereocenters. The van der Waals surface area contributed by atoms with Gasteiger partial charge in [0, 0.05) is 64.9 Å². The lowest BCUT2D eigenvalue weighted by atomic mass is 10.2. The van der Waals surface area contributed by atoms with Crippen LogP contribution in [-0.4, -0.2) is 61.2 Å². The highest BCUT2D eigenvalue weighted by Gasteiger charge is 2.22. The maximum Gasteiger partial charge on any atom is 0.317 e. The van der Waals surface area contributed by atoms with Crippen LogP contribution in [0.4, 0.5) is 16.4 Å². The third kappa shape index (κ3) is 4.37. The second kappa shape index (κ2) is 7.83. The molecular formula is C18H24N6O. The number of hydrogen-bond donors (Lipinski definition) is 1. The Hall–Kier alpha value is -2.83. The van der Waals surface area contributed by atoms with Gasteiger partial charge in [-0.05, 0) is 23.8 Å². The van der Waals surface area contributed by atoms with Gasteiger partial charge in [0.1, 0.15) is 0 Å². The summed E-state index contributed by atoms with van der Waals surface area (Å²) < 4.78 is 0. The first kappa shape index (κ1) is 17.0. The number of carbonyl (C=O) groups excluding carboxylic acids is 1. The van der Waals surface area contributed by atoms with Crippen molar-refractivity contribution in [3.63, 3.8) is 0 Å². The fourth-order valence-corrected chi connectivity index (χ4v) is 2.77. The maximum absolute atomic E-state index is 12.3. The van der Waals surface area contributed by atoms with Crippen LogP contribution < -0.4 is 15.1 Å². The first-order valence-electron chi connectivity index (χ1n) is 8.44. The van der Waals surface area contributed by atoms with Crippen molar-refractivity contribution in [1.82, 2.24) is 20.2 Å². The Morgan fingerprint density at radius 3 is 2.32 bits per heavy atom. The Labute approximate surface area is 148 Å². The molecule has 1 aromatic heterocycles. The highest BCUT2D eigenvalue weighted by Crippen LogP contribution is 2.13. The number of aromatic nitrogens is 2. The summed E-state index contributed by atoms with van der Waals surface area (Å²) in [5.74, 6) is 0.726. The van der Waals surface area contributed by atoms with Gasteiger partial charge in [-0.3, -0.25) is 0 Å². The van der Waals surface area contributed by atoms with Gasteiger partial charge in [-0.15, -0.1) is 0 Å². The third-order valence-electron chi connectivity index (χ3n) is 4.30. The lowest BCUT2D eigenvalue weighted by Gasteiger charge is -2.34. The quantitative estimate of drug-likeness (QED) is 0.915. The van der Waals surface area contributed by atoms with Crippen molar-refractivity contribution in [2.45, 2.75) is 6.54 Å². The molecule has 2 heterocycles. The Kier molecular flexibility index (Phi) is 5.33. The minimum Gasteiger partial charge on any atom is -0.378 e. The lowest BCUT2D eigenvalue weighted by Crippen LogP contribution is -2.52. The van der Waals surface area contributed by atoms with Crippen LogP contribution in [0.25, 0.3) is 0 Å². The van der Waals surface area contributed by atoms with Crippen LogP contribution in [0.1, 0.15) is 5.56 Å². The molecule has 0 radical (unpaired) electrons. The van der Waals surface area contributed by atoms with Gasteiger partial charge in [-0.25, -0.2) is 14.8 Å². The Morgan fingerprint density at radius 2 is 1.72 bits per heavy atom. The fraction of sp³-hybridized carbons (Fsp3) is 0.389. The van der Waals surface area contributed by atoms with E-state index < -0.39 is 0 Å². The topological polar surface area (TPSA) is 64.6 Å². The largest absolute Gasteiger partial charge is 0.378 e. The zero-order valence-electron chi connectivity index (χ0n) is 14.7. The molecule has 1 aliphatic rings. The monoisotopic (exact) mass is 340 g/mol. The zero-order chi connectivity index (χ0) is 17.6. The first-order valence-corrected chi connectivity index (χ1v) is 8.44. The van der Waals surface area contributed by atoms with Gasteiger partial charge in [0.25, 0.3) is 0 Å². The highest BCUT2D eigenvalue weighted by atomic mass is 16.2. The SMILES string of the molecule is CN(C)c1ccc(CNC(=O)N2CCN(c3ncccn3)CC2)cc1. The molecule has 0 spiro atoms. The fourth-order valence-electron chi connectivity index (χ4n) is 2.77. The Bertz CT molecular complexity index is 680. The van der Waals surface area contributed by atoms with Crippen molar-refractivity contribution in [3.8, 4) is 0 Å². The number of benzene rings is 1. The number of nitrogens with one attached hydrogen (secondary N) is 1. The number of amides is 2. The van der Waals surface area contributed by atoms with Crippen LogP contribution >= 0.6 is 0 Å². The van der Waals surface area contributed by atoms with E-state index in [9.17, 15) is 4.79 Å². The molecule has 7 nitrogen and oxygen atoms in total. The lowest BCUT2D eigenvalue weighted by molar-refractivity contribution is 0.193. The number of hydrogen-bond acceptors (Lipinski definition) is 5. The second-order valence-electron chi connectivity index (χ2n) is 6.24. The molecule has 0 bridgehead atoms. The summed E-state index contributed by atoms with van der Waals surface area (Å²) in [6.07, 6.45) is 3.48. The predicted molar refractivity (Wildman–Crippen MR) is 98.8 cm³/mol. The van der Waals surface area contributed by atoms with Gasteiger partial charge < -0.3 is 20.0 Å². The standard InChI is InChI=1S/C18H24N6O/c1-22(2)16-6-4-15(5-7-16)14-21-18(25)24-12-10-23(11-13-24)17-19-8-3-9-20-17/h3-9H,10-14H2,1-2H3,(H,21,25). The molecule has 1 saturated heterocycles. The van der Waals surface area contributed by atoms with E-state index in [0.717, 1.165) is 30.3 Å². The molecule has 3 rings (SSSR count). The summed E-state index contributed by atoms with van der Waals surface area (Å²) in [6.45, 7) is 3.37. The highest BCUT2D eigenvalue weighted by molar-refractivity contribution is 5.74. The average molecular weight is 340 g/mol. The number of nitrogens with zero attached hydrogens (tertiary/aromatic N) is 5. The Balaban J connectivity index is 1.46. The van der Waals surface area contributed by atoms with E-state index in [1.54, 1.807) is 18.5 Å².